The number of ketones is 1. The van der Waals surface area contributed by atoms with E-state index >= 15 is 0 Å². The van der Waals surface area contributed by atoms with Gasteiger partial charge in [0.25, 0.3) is 0 Å². The van der Waals surface area contributed by atoms with Crippen molar-refractivity contribution in [2.75, 3.05) is 6.61 Å². The Labute approximate surface area is 197 Å². The van der Waals surface area contributed by atoms with Gasteiger partial charge in [-0.15, -0.1) is 0 Å². The Hall–Kier alpha value is -2.20. The lowest BCUT2D eigenvalue weighted by Gasteiger charge is -2.74. The molecular formula is C25H30N2O7. The Balaban J connectivity index is 1.54. The number of nitrogens with zero attached hydrogens (tertiary/aromatic N) is 2. The molecule has 4 aliphatic carbocycles. The Morgan fingerprint density at radius 2 is 2.00 bits per heavy atom. The predicted molar refractivity (Wildman–Crippen MR) is 116 cm³/mol. The van der Waals surface area contributed by atoms with Crippen LogP contribution in [-0.4, -0.2) is 67.7 Å². The van der Waals surface area contributed by atoms with Crippen LogP contribution in [0.15, 0.2) is 30.7 Å². The summed E-state index contributed by atoms with van der Waals surface area (Å²) in [5.41, 5.74) is -2.89. The number of ether oxygens (including phenoxy) is 2. The van der Waals surface area contributed by atoms with Gasteiger partial charge < -0.3 is 24.8 Å². The van der Waals surface area contributed by atoms with Crippen molar-refractivity contribution in [3.63, 3.8) is 0 Å². The zero-order valence-electron chi connectivity index (χ0n) is 19.3. The van der Waals surface area contributed by atoms with Crippen molar-refractivity contribution in [3.8, 4) is 0 Å². The van der Waals surface area contributed by atoms with Crippen LogP contribution >= 0.6 is 0 Å². The number of hydrogen-bond acceptors (Lipinski definition) is 9. The minimum Gasteiger partial charge on any atom is -0.456 e. The first-order valence-corrected chi connectivity index (χ1v) is 12.0. The van der Waals surface area contributed by atoms with Crippen LogP contribution < -0.4 is 0 Å². The van der Waals surface area contributed by atoms with E-state index in [1.807, 2.05) is 13.8 Å². The molecule has 1 aromatic rings. The third kappa shape index (κ3) is 2.25. The van der Waals surface area contributed by atoms with Gasteiger partial charge in [0.05, 0.1) is 18.9 Å². The average molecular weight is 471 g/mol. The second kappa shape index (κ2) is 6.72. The molecule has 9 heteroatoms. The van der Waals surface area contributed by atoms with E-state index in [4.69, 9.17) is 9.47 Å². The van der Waals surface area contributed by atoms with E-state index in [-0.39, 0.29) is 17.9 Å². The molecule has 4 saturated carbocycles. The van der Waals surface area contributed by atoms with Crippen LogP contribution in [0.4, 0.5) is 0 Å². The highest BCUT2D eigenvalue weighted by atomic mass is 16.6. The maximum absolute atomic E-state index is 14.0. The summed E-state index contributed by atoms with van der Waals surface area (Å²) < 4.78 is 11.9. The lowest BCUT2D eigenvalue weighted by molar-refractivity contribution is -0.457. The standard InChI is InChI=1S/C25H30N2O7/c1-12-13-4-5-15-23-11-33-25(32,19(30)17(23)22(2,3)7-6-16(23)28)24(15,18(12)29)20(13)34-21(31)14-10-26-8-9-27-14/h8-10,13,15-17,19-20,28,30,32H,1,4-7,11H2,2-3H3/t13-,15-,16-,17+,19-,20+,23+,24-,25+/m0/s1. The van der Waals surface area contributed by atoms with Crippen molar-refractivity contribution in [2.24, 2.45) is 34.0 Å². The number of hydrogen-bond donors (Lipinski definition) is 3. The number of Topliss-reactive ketones (excluding diaryl/α,β-unsaturated/α-hetero) is 1. The molecule has 2 saturated heterocycles. The van der Waals surface area contributed by atoms with Gasteiger partial charge in [-0.25, -0.2) is 9.78 Å². The third-order valence-electron chi connectivity index (χ3n) is 9.86. The first-order valence-electron chi connectivity index (χ1n) is 12.0. The fourth-order valence-corrected chi connectivity index (χ4v) is 8.62. The quantitative estimate of drug-likeness (QED) is 0.427. The topological polar surface area (TPSA) is 139 Å². The Morgan fingerprint density at radius 3 is 2.71 bits per heavy atom. The summed E-state index contributed by atoms with van der Waals surface area (Å²) >= 11 is 0. The molecule has 2 spiro atoms. The number of rotatable bonds is 2. The van der Waals surface area contributed by atoms with Crippen LogP contribution in [-0.2, 0) is 14.3 Å². The van der Waals surface area contributed by atoms with Crippen molar-refractivity contribution in [2.45, 2.75) is 63.6 Å². The van der Waals surface area contributed by atoms with E-state index < -0.39 is 69.9 Å². The van der Waals surface area contributed by atoms with Crippen molar-refractivity contribution >= 4 is 11.8 Å². The van der Waals surface area contributed by atoms with E-state index in [9.17, 15) is 24.9 Å². The SMILES string of the molecule is C=C1C(=O)[C@]23[C@H](OC(=O)c4cnccn4)[C@H]1CC[C@H]2[C@@]12CO[C@]3(O)[C@@H](O)[C@@H]1C(C)(C)CC[C@@H]2O. The van der Waals surface area contributed by atoms with Crippen LogP contribution in [0.3, 0.4) is 0 Å². The molecule has 7 rings (SSSR count). The molecule has 2 aliphatic heterocycles. The number of aliphatic hydroxyl groups is 3. The van der Waals surface area contributed by atoms with Gasteiger partial charge in [-0.1, -0.05) is 20.4 Å². The molecule has 9 atom stereocenters. The molecule has 3 heterocycles. The second-order valence-corrected chi connectivity index (χ2v) is 11.4. The summed E-state index contributed by atoms with van der Waals surface area (Å²) in [7, 11) is 0. The average Bonchev–Trinajstić information content (AvgIpc) is 2.93. The monoisotopic (exact) mass is 470 g/mol. The zero-order chi connectivity index (χ0) is 24.3. The summed E-state index contributed by atoms with van der Waals surface area (Å²) in [4.78, 5) is 35.0. The van der Waals surface area contributed by atoms with E-state index in [0.29, 0.717) is 25.7 Å². The molecule has 4 bridgehead atoms. The van der Waals surface area contributed by atoms with Gasteiger partial charge in [0.1, 0.15) is 17.6 Å². The van der Waals surface area contributed by atoms with Gasteiger partial charge in [0.15, 0.2) is 11.5 Å². The van der Waals surface area contributed by atoms with Gasteiger partial charge in [0, 0.05) is 29.6 Å². The van der Waals surface area contributed by atoms with Gasteiger partial charge in [-0.2, -0.15) is 0 Å². The Kier molecular flexibility index (Phi) is 4.40. The highest BCUT2D eigenvalue weighted by molar-refractivity contribution is 6.05. The van der Waals surface area contributed by atoms with Crippen LogP contribution in [0.2, 0.25) is 0 Å². The lowest BCUT2D eigenvalue weighted by Crippen LogP contribution is -2.85. The van der Waals surface area contributed by atoms with Crippen molar-refractivity contribution in [3.05, 3.63) is 36.4 Å². The van der Waals surface area contributed by atoms with Gasteiger partial charge in [-0.3, -0.25) is 9.78 Å². The summed E-state index contributed by atoms with van der Waals surface area (Å²) in [6.07, 6.45) is 2.89. The number of aromatic nitrogens is 2. The van der Waals surface area contributed by atoms with E-state index in [1.54, 1.807) is 0 Å². The molecule has 0 unspecified atom stereocenters. The third-order valence-corrected chi connectivity index (χ3v) is 9.86. The normalized spacial score (nSPS) is 48.3. The molecule has 34 heavy (non-hydrogen) atoms. The number of fused-ring (bicyclic) bond motifs is 2. The number of aliphatic hydroxyl groups excluding tert-OH is 2. The van der Waals surface area contributed by atoms with Crippen LogP contribution in [0.5, 0.6) is 0 Å². The molecule has 0 aromatic carbocycles. The maximum atomic E-state index is 14.0. The van der Waals surface area contributed by atoms with Crippen LogP contribution in [0, 0.1) is 34.0 Å². The first-order chi connectivity index (χ1) is 16.0. The summed E-state index contributed by atoms with van der Waals surface area (Å²) in [6.45, 7) is 8.08. The van der Waals surface area contributed by atoms with Crippen LogP contribution in [0.1, 0.15) is 50.0 Å². The van der Waals surface area contributed by atoms with Gasteiger partial charge in [-0.05, 0) is 42.6 Å². The fourth-order valence-electron chi connectivity index (χ4n) is 8.62. The fraction of sp³-hybridized carbons (Fsp3) is 0.680. The molecule has 9 nitrogen and oxygen atoms in total. The first kappa shape index (κ1) is 22.3. The highest BCUT2D eigenvalue weighted by Crippen LogP contribution is 2.76. The van der Waals surface area contributed by atoms with Crippen LogP contribution in [0.25, 0.3) is 0 Å². The van der Waals surface area contributed by atoms with Crippen molar-refractivity contribution in [1.82, 2.24) is 9.97 Å². The minimum atomic E-state index is -2.28. The molecule has 3 N–H and O–H groups in total. The van der Waals surface area contributed by atoms with E-state index in [1.165, 1.54) is 18.6 Å². The summed E-state index contributed by atoms with van der Waals surface area (Å²) in [5, 5.41) is 35.3. The largest absolute Gasteiger partial charge is 0.456 e. The second-order valence-electron chi connectivity index (χ2n) is 11.4. The zero-order valence-corrected chi connectivity index (χ0v) is 19.3. The molecule has 0 amide bonds. The molecule has 6 aliphatic rings. The van der Waals surface area contributed by atoms with Crippen molar-refractivity contribution in [1.29, 1.82) is 0 Å². The summed E-state index contributed by atoms with van der Waals surface area (Å²) in [6, 6.07) is 0. The van der Waals surface area contributed by atoms with Crippen molar-refractivity contribution < 1.29 is 34.4 Å². The maximum Gasteiger partial charge on any atom is 0.358 e. The molecule has 1 aromatic heterocycles. The van der Waals surface area contributed by atoms with Gasteiger partial charge in [0.2, 0.25) is 5.79 Å². The molecule has 182 valence electrons. The number of carbonyl (C=O) groups excluding carboxylic acids is 2. The highest BCUT2D eigenvalue weighted by Gasteiger charge is 2.87. The minimum absolute atomic E-state index is 0.0252. The van der Waals surface area contributed by atoms with E-state index in [2.05, 4.69) is 16.5 Å². The number of esters is 1. The predicted octanol–water partition coefficient (Wildman–Crippen LogP) is 1.03. The van der Waals surface area contributed by atoms with E-state index in [0.717, 1.165) is 0 Å². The smallest absolute Gasteiger partial charge is 0.358 e. The Morgan fingerprint density at radius 1 is 1.24 bits per heavy atom. The number of carbonyl (C=O) groups is 2. The summed E-state index contributed by atoms with van der Waals surface area (Å²) in [5.74, 6) is -5.07. The molecular weight excluding hydrogens is 440 g/mol. The van der Waals surface area contributed by atoms with Gasteiger partial charge >= 0.3 is 5.97 Å². The molecule has 0 radical (unpaired) electrons. The molecule has 6 fully saturated rings. The lowest BCUT2D eigenvalue weighted by atomic mass is 9.35. The Bertz CT molecular complexity index is 1090.